The Morgan fingerprint density at radius 1 is 0.667 bits per heavy atom. The van der Waals surface area contributed by atoms with Crippen LogP contribution in [0.15, 0.2) is 78.9 Å². The van der Waals surface area contributed by atoms with E-state index in [-0.39, 0.29) is 0 Å². The summed E-state index contributed by atoms with van der Waals surface area (Å²) in [5.41, 5.74) is 2.84. The predicted octanol–water partition coefficient (Wildman–Crippen LogP) is 7.36. The zero-order chi connectivity index (χ0) is 18.9. The first-order valence-electron chi connectivity index (χ1n) is 9.95. The second kappa shape index (κ2) is 7.45. The highest BCUT2D eigenvalue weighted by molar-refractivity contribution is 7.81. The van der Waals surface area contributed by atoms with Crippen molar-refractivity contribution in [3.8, 4) is 11.1 Å². The number of rotatable bonds is 5. The van der Waals surface area contributed by atoms with Crippen molar-refractivity contribution in [1.29, 1.82) is 0 Å². The Bertz CT molecular complexity index is 1090. The molecule has 4 aromatic carbocycles. The number of hydrogen-bond donors (Lipinski definition) is 0. The van der Waals surface area contributed by atoms with E-state index in [9.17, 15) is 0 Å². The van der Waals surface area contributed by atoms with Gasteiger partial charge in [0.15, 0.2) is 0 Å². The molecule has 0 heterocycles. The molecule has 0 aliphatic rings. The molecule has 0 N–H and O–H groups in total. The average molecular weight is 371 g/mol. The smallest absolute Gasteiger partial charge is 0.0652 e. The highest BCUT2D eigenvalue weighted by Crippen LogP contribution is 2.54. The molecule has 0 fully saturated rings. The van der Waals surface area contributed by atoms with Crippen LogP contribution in [-0.2, 0) is 0 Å². The number of fused-ring (bicyclic) bond motifs is 2. The Morgan fingerprint density at radius 2 is 1.30 bits per heavy atom. The molecule has 0 saturated heterocycles. The van der Waals surface area contributed by atoms with Gasteiger partial charge in [-0.2, -0.15) is 0 Å². The molecular formula is C26H28P+. The molecule has 0 radical (unpaired) electrons. The lowest BCUT2D eigenvalue weighted by molar-refractivity contribution is 0.890. The Balaban J connectivity index is 2.07. The second-order valence-corrected chi connectivity index (χ2v) is 12.3. The Kier molecular flexibility index (Phi) is 5.02. The van der Waals surface area contributed by atoms with Crippen molar-refractivity contribution >= 4 is 34.1 Å². The van der Waals surface area contributed by atoms with Crippen LogP contribution in [0.5, 0.6) is 0 Å². The van der Waals surface area contributed by atoms with Crippen molar-refractivity contribution in [3.05, 3.63) is 78.9 Å². The molecule has 0 saturated carbocycles. The van der Waals surface area contributed by atoms with Gasteiger partial charge in [0, 0.05) is 12.8 Å². The standard InChI is InChI=1S/C26H28P/c1-4-5-19-27(2,3)25-18-17-21-12-7-9-15-23(21)26(25)24-16-10-13-20-11-6-8-14-22(20)24/h6-18H,4-5,19H2,1-3H3/q+1. The summed E-state index contributed by atoms with van der Waals surface area (Å²) in [6.45, 7) is 7.33. The van der Waals surface area contributed by atoms with Crippen LogP contribution >= 0.6 is 7.26 Å². The van der Waals surface area contributed by atoms with Gasteiger partial charge in [-0.1, -0.05) is 86.1 Å². The molecule has 0 nitrogen and oxygen atoms in total. The molecule has 0 unspecified atom stereocenters. The van der Waals surface area contributed by atoms with Gasteiger partial charge in [0.25, 0.3) is 0 Å². The quantitative estimate of drug-likeness (QED) is 0.321. The van der Waals surface area contributed by atoms with E-state index >= 15 is 0 Å². The first-order chi connectivity index (χ1) is 13.1. The zero-order valence-corrected chi connectivity index (χ0v) is 17.5. The molecule has 0 amide bonds. The van der Waals surface area contributed by atoms with Gasteiger partial charge in [-0.05, 0) is 39.6 Å². The third-order valence-electron chi connectivity index (χ3n) is 5.69. The van der Waals surface area contributed by atoms with Crippen molar-refractivity contribution in [2.45, 2.75) is 19.8 Å². The van der Waals surface area contributed by atoms with Crippen molar-refractivity contribution in [2.75, 3.05) is 19.5 Å². The summed E-state index contributed by atoms with van der Waals surface area (Å²) in [6, 6.07) is 29.1. The number of unbranched alkanes of at least 4 members (excludes halogenated alkanes) is 1. The minimum absolute atomic E-state index is 1.20. The fourth-order valence-corrected chi connectivity index (χ4v) is 6.84. The molecule has 4 aromatic rings. The van der Waals surface area contributed by atoms with Gasteiger partial charge in [-0.25, -0.2) is 0 Å². The van der Waals surface area contributed by atoms with E-state index in [0.717, 1.165) is 0 Å². The van der Waals surface area contributed by atoms with E-state index in [4.69, 9.17) is 0 Å². The largest absolute Gasteiger partial charge is 0.102 e. The van der Waals surface area contributed by atoms with Crippen LogP contribution in [0.3, 0.4) is 0 Å². The summed E-state index contributed by atoms with van der Waals surface area (Å²) in [5.74, 6) is 0. The molecule has 27 heavy (non-hydrogen) atoms. The third-order valence-corrected chi connectivity index (χ3v) is 8.80. The van der Waals surface area contributed by atoms with E-state index in [1.165, 1.54) is 51.7 Å². The molecular weight excluding hydrogens is 343 g/mol. The second-order valence-electron chi connectivity index (χ2n) is 7.97. The van der Waals surface area contributed by atoms with Crippen molar-refractivity contribution in [1.82, 2.24) is 0 Å². The van der Waals surface area contributed by atoms with E-state index in [2.05, 4.69) is 99.1 Å². The first-order valence-corrected chi connectivity index (χ1v) is 12.8. The van der Waals surface area contributed by atoms with Crippen LogP contribution in [0.4, 0.5) is 0 Å². The fourth-order valence-electron chi connectivity index (χ4n) is 4.16. The van der Waals surface area contributed by atoms with Gasteiger partial charge in [0.2, 0.25) is 0 Å². The maximum absolute atomic E-state index is 2.52. The van der Waals surface area contributed by atoms with E-state index in [0.29, 0.717) is 0 Å². The maximum Gasteiger partial charge on any atom is 0.102 e. The predicted molar refractivity (Wildman–Crippen MR) is 125 cm³/mol. The van der Waals surface area contributed by atoms with Crippen LogP contribution in [0.1, 0.15) is 19.8 Å². The van der Waals surface area contributed by atoms with Gasteiger partial charge in [0.05, 0.1) is 19.5 Å². The lowest BCUT2D eigenvalue weighted by Gasteiger charge is -2.23. The third kappa shape index (κ3) is 3.40. The van der Waals surface area contributed by atoms with E-state index in [1.54, 1.807) is 5.30 Å². The number of hydrogen-bond acceptors (Lipinski definition) is 0. The lowest BCUT2D eigenvalue weighted by atomic mass is 9.94. The minimum Gasteiger partial charge on any atom is -0.0652 e. The highest BCUT2D eigenvalue weighted by atomic mass is 31.2. The zero-order valence-electron chi connectivity index (χ0n) is 16.6. The SMILES string of the molecule is CCCC[P+](C)(C)c1ccc2ccccc2c1-c1cccc2ccccc12. The molecule has 4 rings (SSSR count). The lowest BCUT2D eigenvalue weighted by Crippen LogP contribution is -2.16. The molecule has 0 aliphatic carbocycles. The molecule has 0 atom stereocenters. The molecule has 136 valence electrons. The molecule has 0 aromatic heterocycles. The van der Waals surface area contributed by atoms with Gasteiger partial charge >= 0.3 is 0 Å². The molecule has 0 aliphatic heterocycles. The van der Waals surface area contributed by atoms with Crippen molar-refractivity contribution in [2.24, 2.45) is 0 Å². The van der Waals surface area contributed by atoms with Crippen LogP contribution in [0.25, 0.3) is 32.7 Å². The summed E-state index contributed by atoms with van der Waals surface area (Å²) < 4.78 is 0. The summed E-state index contributed by atoms with van der Waals surface area (Å²) in [4.78, 5) is 0. The Morgan fingerprint density at radius 3 is 2.04 bits per heavy atom. The molecule has 1 heteroatoms. The van der Waals surface area contributed by atoms with Gasteiger partial charge < -0.3 is 0 Å². The van der Waals surface area contributed by atoms with Crippen LogP contribution in [0, 0.1) is 0 Å². The van der Waals surface area contributed by atoms with Crippen LogP contribution in [0.2, 0.25) is 0 Å². The summed E-state index contributed by atoms with van der Waals surface area (Å²) in [5, 5.41) is 6.97. The fraction of sp³-hybridized carbons (Fsp3) is 0.231. The first kappa shape index (κ1) is 18.2. The van der Waals surface area contributed by atoms with Gasteiger partial charge in [-0.3, -0.25) is 0 Å². The molecule has 0 spiro atoms. The summed E-state index contributed by atoms with van der Waals surface area (Å²) >= 11 is 0. The van der Waals surface area contributed by atoms with Crippen LogP contribution < -0.4 is 5.30 Å². The monoisotopic (exact) mass is 371 g/mol. The maximum atomic E-state index is 2.52. The van der Waals surface area contributed by atoms with Crippen LogP contribution in [-0.4, -0.2) is 19.5 Å². The minimum atomic E-state index is -1.20. The topological polar surface area (TPSA) is 0 Å². The average Bonchev–Trinajstić information content (AvgIpc) is 2.71. The molecule has 0 bridgehead atoms. The normalized spacial score (nSPS) is 12.0. The summed E-state index contributed by atoms with van der Waals surface area (Å²) in [6.07, 6.45) is 3.89. The number of benzene rings is 4. The van der Waals surface area contributed by atoms with Crippen molar-refractivity contribution in [3.63, 3.8) is 0 Å². The van der Waals surface area contributed by atoms with Crippen molar-refractivity contribution < 1.29 is 0 Å². The Hall–Kier alpha value is -2.17. The highest BCUT2D eigenvalue weighted by Gasteiger charge is 2.32. The van der Waals surface area contributed by atoms with E-state index < -0.39 is 7.26 Å². The van der Waals surface area contributed by atoms with Gasteiger partial charge in [-0.15, -0.1) is 0 Å². The Labute approximate surface area is 163 Å². The van der Waals surface area contributed by atoms with E-state index in [1.807, 2.05) is 0 Å². The van der Waals surface area contributed by atoms with Gasteiger partial charge in [0.1, 0.15) is 5.30 Å². The summed E-state index contributed by atoms with van der Waals surface area (Å²) in [7, 11) is -1.20.